The highest BCUT2D eigenvalue weighted by atomic mass is 16.6. The molecule has 0 saturated carbocycles. The Morgan fingerprint density at radius 2 is 2.33 bits per heavy atom. The van der Waals surface area contributed by atoms with Gasteiger partial charge in [0.25, 0.3) is 0 Å². The van der Waals surface area contributed by atoms with Crippen LogP contribution in [0.25, 0.3) is 0 Å². The van der Waals surface area contributed by atoms with Crippen molar-refractivity contribution in [1.29, 1.82) is 0 Å². The summed E-state index contributed by atoms with van der Waals surface area (Å²) in [6, 6.07) is 0. The zero-order chi connectivity index (χ0) is 11.5. The van der Waals surface area contributed by atoms with Gasteiger partial charge in [0.1, 0.15) is 11.9 Å². The van der Waals surface area contributed by atoms with E-state index in [1.807, 2.05) is 5.48 Å². The van der Waals surface area contributed by atoms with Crippen LogP contribution in [0.3, 0.4) is 0 Å². The van der Waals surface area contributed by atoms with E-state index in [1.54, 1.807) is 20.8 Å². The summed E-state index contributed by atoms with van der Waals surface area (Å²) >= 11 is 0. The molecule has 6 heteroatoms. The molecule has 2 N–H and O–H groups in total. The topological polar surface area (TPSA) is 76.4 Å². The van der Waals surface area contributed by atoms with Gasteiger partial charge in [-0.2, -0.15) is 5.48 Å². The lowest BCUT2D eigenvalue weighted by atomic mass is 10.2. The van der Waals surface area contributed by atoms with Crippen molar-refractivity contribution in [2.45, 2.75) is 32.9 Å². The smallest absolute Gasteiger partial charge is 0.419 e. The fourth-order valence-electron chi connectivity index (χ4n) is 0.950. The normalized spacial score (nSPS) is 11.5. The molecule has 84 valence electrons. The van der Waals surface area contributed by atoms with Gasteiger partial charge in [-0.3, -0.25) is 0 Å². The number of ether oxygens (including phenoxy) is 1. The third kappa shape index (κ3) is 3.69. The van der Waals surface area contributed by atoms with Gasteiger partial charge in [0.15, 0.2) is 0 Å². The number of hydrogen-bond donors (Lipinski definition) is 2. The molecule has 6 nitrogen and oxygen atoms in total. The fourth-order valence-corrected chi connectivity index (χ4v) is 0.950. The first-order chi connectivity index (χ1) is 6.92. The quantitative estimate of drug-likeness (QED) is 0.720. The Hall–Kier alpha value is -1.40. The third-order valence-corrected chi connectivity index (χ3v) is 1.50. The number of rotatable bonds is 2. The predicted molar refractivity (Wildman–Crippen MR) is 52.5 cm³/mol. The number of carbonyl (C=O) groups excluding carboxylic acids is 1. The Labute approximate surface area is 87.8 Å². The van der Waals surface area contributed by atoms with Crippen LogP contribution in [0.4, 0.5) is 4.79 Å². The van der Waals surface area contributed by atoms with Crippen LogP contribution in [0.15, 0.2) is 12.5 Å². The summed E-state index contributed by atoms with van der Waals surface area (Å²) in [7, 11) is 0. The second-order valence-electron chi connectivity index (χ2n) is 4.09. The van der Waals surface area contributed by atoms with Crippen molar-refractivity contribution in [3.8, 4) is 0 Å². The van der Waals surface area contributed by atoms with E-state index in [4.69, 9.17) is 9.94 Å². The molecule has 1 aromatic heterocycles. The number of hydroxylamine groups is 1. The van der Waals surface area contributed by atoms with E-state index in [9.17, 15) is 4.79 Å². The maximum atomic E-state index is 11.5. The van der Waals surface area contributed by atoms with Crippen LogP contribution in [-0.2, 0) is 11.3 Å². The highest BCUT2D eigenvalue weighted by Gasteiger charge is 2.17. The first-order valence-corrected chi connectivity index (χ1v) is 4.55. The maximum Gasteiger partial charge on any atom is 0.419 e. The van der Waals surface area contributed by atoms with Crippen molar-refractivity contribution in [2.24, 2.45) is 0 Å². The molecule has 1 aromatic rings. The lowest BCUT2D eigenvalue weighted by molar-refractivity contribution is 0.0536. The lowest BCUT2D eigenvalue weighted by Gasteiger charge is -2.19. The van der Waals surface area contributed by atoms with Gasteiger partial charge in [0.05, 0.1) is 12.2 Å². The summed E-state index contributed by atoms with van der Waals surface area (Å²) in [5.41, 5.74) is 1.98. The largest absolute Gasteiger partial charge is 0.443 e. The molecule has 0 fully saturated rings. The van der Waals surface area contributed by atoms with Crippen LogP contribution in [0.2, 0.25) is 0 Å². The predicted octanol–water partition coefficient (Wildman–Crippen LogP) is 1.15. The summed E-state index contributed by atoms with van der Waals surface area (Å²) in [6.07, 6.45) is 2.36. The zero-order valence-corrected chi connectivity index (χ0v) is 9.02. The van der Waals surface area contributed by atoms with E-state index in [0.29, 0.717) is 5.69 Å². The molecule has 0 aliphatic carbocycles. The number of nitrogens with one attached hydrogen (secondary N) is 1. The van der Waals surface area contributed by atoms with Gasteiger partial charge in [-0.1, -0.05) is 0 Å². The summed E-state index contributed by atoms with van der Waals surface area (Å²) in [5.74, 6) is 0. The molecule has 1 rings (SSSR count). The fraction of sp³-hybridized carbons (Fsp3) is 0.556. The van der Waals surface area contributed by atoms with E-state index in [1.165, 1.54) is 17.1 Å². The number of aromatic nitrogens is 2. The molecule has 0 aliphatic heterocycles. The molecule has 0 amide bonds. The number of carbonyl (C=O) groups is 1. The van der Waals surface area contributed by atoms with Gasteiger partial charge in [-0.15, -0.1) is 0 Å². The highest BCUT2D eigenvalue weighted by Crippen LogP contribution is 2.09. The van der Waals surface area contributed by atoms with Gasteiger partial charge in [-0.25, -0.2) is 14.3 Å². The van der Waals surface area contributed by atoms with Crippen molar-refractivity contribution in [2.75, 3.05) is 0 Å². The molecule has 0 unspecified atom stereocenters. The van der Waals surface area contributed by atoms with E-state index in [0.717, 1.165) is 0 Å². The van der Waals surface area contributed by atoms with Gasteiger partial charge in [0.2, 0.25) is 0 Å². The van der Waals surface area contributed by atoms with Crippen LogP contribution in [-0.4, -0.2) is 26.5 Å². The average Bonchev–Trinajstić information content (AvgIpc) is 2.50. The van der Waals surface area contributed by atoms with E-state index in [2.05, 4.69) is 4.98 Å². The monoisotopic (exact) mass is 213 g/mol. The Balaban J connectivity index is 2.66. The summed E-state index contributed by atoms with van der Waals surface area (Å²) in [6.45, 7) is 5.56. The Morgan fingerprint density at radius 3 is 2.87 bits per heavy atom. The van der Waals surface area contributed by atoms with Crippen molar-refractivity contribution in [3.05, 3.63) is 18.2 Å². The molecule has 0 bridgehead atoms. The first-order valence-electron chi connectivity index (χ1n) is 4.55. The molecule has 15 heavy (non-hydrogen) atoms. The molecular formula is C9H15N3O3. The van der Waals surface area contributed by atoms with Crippen LogP contribution in [0, 0.1) is 0 Å². The second kappa shape index (κ2) is 4.41. The Kier molecular flexibility index (Phi) is 3.43. The Morgan fingerprint density at radius 1 is 1.67 bits per heavy atom. The number of imidazole rings is 1. The van der Waals surface area contributed by atoms with Crippen molar-refractivity contribution < 1.29 is 14.7 Å². The van der Waals surface area contributed by atoms with Gasteiger partial charge in [-0.05, 0) is 20.8 Å². The lowest BCUT2D eigenvalue weighted by Crippen LogP contribution is -2.26. The summed E-state index contributed by atoms with van der Waals surface area (Å²) in [5, 5.41) is 8.44. The van der Waals surface area contributed by atoms with E-state index >= 15 is 0 Å². The second-order valence-corrected chi connectivity index (χ2v) is 4.09. The van der Waals surface area contributed by atoms with Gasteiger partial charge < -0.3 is 9.94 Å². The third-order valence-electron chi connectivity index (χ3n) is 1.50. The number of nitrogens with zero attached hydrogens (tertiary/aromatic N) is 2. The molecule has 0 saturated heterocycles. The Bertz CT molecular complexity index is 341. The van der Waals surface area contributed by atoms with Crippen LogP contribution >= 0.6 is 0 Å². The molecule has 0 spiro atoms. The SMILES string of the molecule is CC(C)(C)OC(=O)n1cnc(CNO)c1. The molecule has 0 atom stereocenters. The van der Waals surface area contributed by atoms with Gasteiger partial charge in [0, 0.05) is 6.20 Å². The molecular weight excluding hydrogens is 198 g/mol. The average molecular weight is 213 g/mol. The maximum absolute atomic E-state index is 11.5. The van der Waals surface area contributed by atoms with Crippen LogP contribution < -0.4 is 5.48 Å². The minimum absolute atomic E-state index is 0.190. The minimum Gasteiger partial charge on any atom is -0.443 e. The first kappa shape index (κ1) is 11.7. The molecule has 0 radical (unpaired) electrons. The zero-order valence-electron chi connectivity index (χ0n) is 9.02. The van der Waals surface area contributed by atoms with E-state index < -0.39 is 11.7 Å². The molecule has 1 heterocycles. The van der Waals surface area contributed by atoms with Crippen molar-refractivity contribution >= 4 is 6.09 Å². The summed E-state index contributed by atoms with van der Waals surface area (Å²) in [4.78, 5) is 15.4. The standard InChI is InChI=1S/C9H15N3O3/c1-9(2,3)15-8(13)12-5-7(4-11-14)10-6-12/h5-6,11,14H,4H2,1-3H3. The van der Waals surface area contributed by atoms with Crippen LogP contribution in [0.5, 0.6) is 0 Å². The van der Waals surface area contributed by atoms with E-state index in [-0.39, 0.29) is 6.54 Å². The summed E-state index contributed by atoms with van der Waals surface area (Å²) < 4.78 is 6.35. The molecule has 0 aliphatic rings. The number of hydrogen-bond acceptors (Lipinski definition) is 5. The van der Waals surface area contributed by atoms with Crippen molar-refractivity contribution in [1.82, 2.24) is 15.0 Å². The minimum atomic E-state index is -0.531. The molecule has 0 aromatic carbocycles. The van der Waals surface area contributed by atoms with Crippen molar-refractivity contribution in [3.63, 3.8) is 0 Å². The van der Waals surface area contributed by atoms with Gasteiger partial charge >= 0.3 is 6.09 Å². The highest BCUT2D eigenvalue weighted by molar-refractivity contribution is 5.70. The van der Waals surface area contributed by atoms with Crippen LogP contribution in [0.1, 0.15) is 26.5 Å².